The van der Waals surface area contributed by atoms with E-state index in [1.54, 1.807) is 7.11 Å². The van der Waals surface area contributed by atoms with Gasteiger partial charge in [0.05, 0.1) is 11.6 Å². The SMILES string of the molecule is COC1CCc2[nH]c3c(C)c(N)cc(C)c3c2C1. The van der Waals surface area contributed by atoms with E-state index < -0.39 is 0 Å². The molecule has 2 aromatic rings. The van der Waals surface area contributed by atoms with Crippen LogP contribution in [0, 0.1) is 13.8 Å². The zero-order chi connectivity index (χ0) is 12.9. The van der Waals surface area contributed by atoms with Crippen LogP contribution in [0.4, 0.5) is 5.69 Å². The van der Waals surface area contributed by atoms with Crippen LogP contribution in [-0.4, -0.2) is 18.2 Å². The summed E-state index contributed by atoms with van der Waals surface area (Å²) in [5, 5.41) is 1.36. The van der Waals surface area contributed by atoms with Crippen molar-refractivity contribution in [1.29, 1.82) is 0 Å². The number of ether oxygens (including phenoxy) is 1. The van der Waals surface area contributed by atoms with E-state index in [4.69, 9.17) is 10.5 Å². The van der Waals surface area contributed by atoms with Gasteiger partial charge in [0, 0.05) is 30.3 Å². The van der Waals surface area contributed by atoms with Crippen molar-refractivity contribution in [2.75, 3.05) is 12.8 Å². The topological polar surface area (TPSA) is 51.0 Å². The summed E-state index contributed by atoms with van der Waals surface area (Å²) in [6.07, 6.45) is 3.54. The quantitative estimate of drug-likeness (QED) is 0.758. The maximum atomic E-state index is 6.05. The Labute approximate surface area is 107 Å². The molecule has 0 radical (unpaired) electrons. The van der Waals surface area contributed by atoms with Crippen LogP contribution in [-0.2, 0) is 17.6 Å². The van der Waals surface area contributed by atoms with Crippen molar-refractivity contribution in [2.45, 2.75) is 39.2 Å². The molecule has 3 N–H and O–H groups in total. The second-order valence-corrected chi connectivity index (χ2v) is 5.34. The van der Waals surface area contributed by atoms with Gasteiger partial charge in [-0.25, -0.2) is 0 Å². The van der Waals surface area contributed by atoms with Crippen molar-refractivity contribution < 1.29 is 4.74 Å². The van der Waals surface area contributed by atoms with Gasteiger partial charge in [0.15, 0.2) is 0 Å². The van der Waals surface area contributed by atoms with Gasteiger partial charge in [-0.05, 0) is 49.4 Å². The largest absolute Gasteiger partial charge is 0.398 e. The third kappa shape index (κ3) is 1.54. The highest BCUT2D eigenvalue weighted by Gasteiger charge is 2.24. The third-order valence-electron chi connectivity index (χ3n) is 4.25. The molecule has 1 heterocycles. The molecule has 1 atom stereocenters. The molecule has 0 spiro atoms. The number of aryl methyl sites for hydroxylation is 3. The van der Waals surface area contributed by atoms with Gasteiger partial charge in [0.25, 0.3) is 0 Å². The molecule has 18 heavy (non-hydrogen) atoms. The maximum Gasteiger partial charge on any atom is 0.0616 e. The van der Waals surface area contributed by atoms with Gasteiger partial charge in [-0.15, -0.1) is 0 Å². The van der Waals surface area contributed by atoms with E-state index in [-0.39, 0.29) is 0 Å². The first-order valence-corrected chi connectivity index (χ1v) is 6.53. The monoisotopic (exact) mass is 244 g/mol. The summed E-state index contributed by atoms with van der Waals surface area (Å²) in [6, 6.07) is 2.09. The molecular formula is C15H20N2O. The molecule has 0 bridgehead atoms. The molecule has 1 aromatic heterocycles. The number of hydrogen-bond donors (Lipinski definition) is 2. The van der Waals surface area contributed by atoms with E-state index in [9.17, 15) is 0 Å². The number of anilines is 1. The number of nitrogens with one attached hydrogen (secondary N) is 1. The van der Waals surface area contributed by atoms with Crippen molar-refractivity contribution in [2.24, 2.45) is 0 Å². The van der Waals surface area contributed by atoms with E-state index in [0.717, 1.165) is 24.9 Å². The molecule has 0 saturated carbocycles. The number of fused-ring (bicyclic) bond motifs is 3. The standard InChI is InChI=1S/C15H20N2O/c1-8-6-12(16)9(2)15-14(8)11-7-10(18-3)4-5-13(11)17-15/h6,10,17H,4-5,7,16H2,1-3H3. The fourth-order valence-electron chi connectivity index (χ4n) is 3.14. The number of aromatic nitrogens is 1. The molecule has 3 heteroatoms. The van der Waals surface area contributed by atoms with Crippen LogP contribution in [0.2, 0.25) is 0 Å². The Bertz CT molecular complexity index is 613. The number of rotatable bonds is 1. The molecule has 0 aliphatic heterocycles. The fraction of sp³-hybridized carbons (Fsp3) is 0.467. The Kier molecular flexibility index (Phi) is 2.59. The Morgan fingerprint density at radius 2 is 2.17 bits per heavy atom. The van der Waals surface area contributed by atoms with Crippen LogP contribution < -0.4 is 5.73 Å². The first kappa shape index (κ1) is 11.6. The van der Waals surface area contributed by atoms with Gasteiger partial charge >= 0.3 is 0 Å². The molecular weight excluding hydrogens is 224 g/mol. The van der Waals surface area contributed by atoms with Crippen molar-refractivity contribution in [3.8, 4) is 0 Å². The number of aromatic amines is 1. The minimum Gasteiger partial charge on any atom is -0.398 e. The number of methoxy groups -OCH3 is 1. The zero-order valence-corrected chi connectivity index (χ0v) is 11.3. The maximum absolute atomic E-state index is 6.05. The lowest BCUT2D eigenvalue weighted by molar-refractivity contribution is 0.0911. The number of H-pyrrole nitrogens is 1. The van der Waals surface area contributed by atoms with E-state index in [1.807, 2.05) is 0 Å². The normalized spacial score (nSPS) is 19.2. The summed E-state index contributed by atoms with van der Waals surface area (Å²) in [5.74, 6) is 0. The number of nitrogens with two attached hydrogens (primary N) is 1. The molecule has 96 valence electrons. The molecule has 1 aliphatic rings. The average molecular weight is 244 g/mol. The molecule has 0 fully saturated rings. The Morgan fingerprint density at radius 3 is 2.89 bits per heavy atom. The predicted octanol–water partition coefficient (Wildman–Crippen LogP) is 2.87. The van der Waals surface area contributed by atoms with Gasteiger partial charge < -0.3 is 15.5 Å². The first-order valence-electron chi connectivity index (χ1n) is 6.53. The van der Waals surface area contributed by atoms with Crippen molar-refractivity contribution >= 4 is 16.6 Å². The molecule has 0 saturated heterocycles. The predicted molar refractivity (Wildman–Crippen MR) is 75.0 cm³/mol. The van der Waals surface area contributed by atoms with E-state index in [0.29, 0.717) is 6.10 Å². The lowest BCUT2D eigenvalue weighted by Gasteiger charge is -2.21. The molecule has 3 nitrogen and oxygen atoms in total. The molecule has 0 amide bonds. The first-order chi connectivity index (χ1) is 8.61. The molecule has 1 unspecified atom stereocenters. The highest BCUT2D eigenvalue weighted by molar-refractivity contribution is 5.93. The number of benzene rings is 1. The highest BCUT2D eigenvalue weighted by atomic mass is 16.5. The third-order valence-corrected chi connectivity index (χ3v) is 4.25. The van der Waals surface area contributed by atoms with Crippen LogP contribution >= 0.6 is 0 Å². The Morgan fingerprint density at radius 1 is 1.39 bits per heavy atom. The van der Waals surface area contributed by atoms with Crippen molar-refractivity contribution in [3.63, 3.8) is 0 Å². The molecule has 1 aromatic carbocycles. The van der Waals surface area contributed by atoms with Crippen molar-refractivity contribution in [1.82, 2.24) is 4.98 Å². The van der Waals surface area contributed by atoms with Crippen LogP contribution in [0.15, 0.2) is 6.07 Å². The van der Waals surface area contributed by atoms with Gasteiger partial charge in [0.2, 0.25) is 0 Å². The van der Waals surface area contributed by atoms with Gasteiger partial charge in [-0.2, -0.15) is 0 Å². The van der Waals surface area contributed by atoms with Gasteiger partial charge in [-0.1, -0.05) is 0 Å². The second kappa shape index (κ2) is 4.02. The van der Waals surface area contributed by atoms with E-state index >= 15 is 0 Å². The van der Waals surface area contributed by atoms with Gasteiger partial charge in [-0.3, -0.25) is 0 Å². The molecule has 1 aliphatic carbocycles. The summed E-state index contributed by atoms with van der Waals surface area (Å²) in [4.78, 5) is 3.58. The lowest BCUT2D eigenvalue weighted by Crippen LogP contribution is -2.20. The van der Waals surface area contributed by atoms with Crippen molar-refractivity contribution in [3.05, 3.63) is 28.5 Å². The Hall–Kier alpha value is -1.48. The van der Waals surface area contributed by atoms with Crippen LogP contribution in [0.25, 0.3) is 10.9 Å². The summed E-state index contributed by atoms with van der Waals surface area (Å²) >= 11 is 0. The average Bonchev–Trinajstić information content (AvgIpc) is 2.74. The highest BCUT2D eigenvalue weighted by Crippen LogP contribution is 2.35. The summed E-state index contributed by atoms with van der Waals surface area (Å²) < 4.78 is 5.52. The van der Waals surface area contributed by atoms with E-state index in [1.165, 1.54) is 33.3 Å². The summed E-state index contributed by atoms with van der Waals surface area (Å²) in [5.41, 5.74) is 13.4. The zero-order valence-electron chi connectivity index (χ0n) is 11.3. The fourth-order valence-corrected chi connectivity index (χ4v) is 3.14. The summed E-state index contributed by atoms with van der Waals surface area (Å²) in [7, 11) is 1.81. The Balaban J connectivity index is 2.26. The smallest absolute Gasteiger partial charge is 0.0616 e. The minimum atomic E-state index is 0.355. The second-order valence-electron chi connectivity index (χ2n) is 5.34. The lowest BCUT2D eigenvalue weighted by atomic mass is 9.91. The van der Waals surface area contributed by atoms with Crippen LogP contribution in [0.1, 0.15) is 28.8 Å². The molecule has 3 rings (SSSR count). The van der Waals surface area contributed by atoms with Gasteiger partial charge in [0.1, 0.15) is 0 Å². The summed E-state index contributed by atoms with van der Waals surface area (Å²) in [6.45, 7) is 4.23. The number of hydrogen-bond acceptors (Lipinski definition) is 2. The minimum absolute atomic E-state index is 0.355. The van der Waals surface area contributed by atoms with E-state index in [2.05, 4.69) is 24.9 Å². The van der Waals surface area contributed by atoms with Crippen LogP contribution in [0.3, 0.4) is 0 Å². The van der Waals surface area contributed by atoms with Crippen LogP contribution in [0.5, 0.6) is 0 Å². The number of nitrogen functional groups attached to an aromatic ring is 1.